The van der Waals surface area contributed by atoms with E-state index in [1.807, 2.05) is 12.3 Å². The van der Waals surface area contributed by atoms with Crippen LogP contribution in [0, 0.1) is 5.92 Å². The standard InChI is InChI=1S/C14H18N4/c1-9(10-7-15-8-10)13-17-12-3-2-6-16-14(12)18(13)11-4-5-11/h2-3,6,9-11,15H,4-5,7-8H2,1H3. The molecule has 2 aliphatic rings. The zero-order chi connectivity index (χ0) is 12.1. The third kappa shape index (κ3) is 1.48. The first-order chi connectivity index (χ1) is 8.84. The monoisotopic (exact) mass is 242 g/mol. The normalized spacial score (nSPS) is 22.1. The molecule has 1 N–H and O–H groups in total. The van der Waals surface area contributed by atoms with Crippen molar-refractivity contribution in [2.75, 3.05) is 13.1 Å². The summed E-state index contributed by atoms with van der Waals surface area (Å²) in [5, 5.41) is 3.36. The topological polar surface area (TPSA) is 42.7 Å². The van der Waals surface area contributed by atoms with Crippen molar-refractivity contribution in [3.8, 4) is 0 Å². The fourth-order valence-electron chi connectivity index (χ4n) is 2.84. The first-order valence-electron chi connectivity index (χ1n) is 6.88. The van der Waals surface area contributed by atoms with Gasteiger partial charge >= 0.3 is 0 Å². The summed E-state index contributed by atoms with van der Waals surface area (Å²) in [6.45, 7) is 4.57. The van der Waals surface area contributed by atoms with Gasteiger partial charge in [0.25, 0.3) is 0 Å². The van der Waals surface area contributed by atoms with Gasteiger partial charge in [-0.25, -0.2) is 9.97 Å². The number of rotatable bonds is 3. The fourth-order valence-corrected chi connectivity index (χ4v) is 2.84. The minimum atomic E-state index is 0.529. The van der Waals surface area contributed by atoms with Crippen molar-refractivity contribution in [2.24, 2.45) is 5.92 Å². The minimum Gasteiger partial charge on any atom is -0.316 e. The minimum absolute atomic E-state index is 0.529. The van der Waals surface area contributed by atoms with Gasteiger partial charge in [0, 0.05) is 18.2 Å². The van der Waals surface area contributed by atoms with E-state index in [1.165, 1.54) is 18.7 Å². The van der Waals surface area contributed by atoms with E-state index in [9.17, 15) is 0 Å². The third-order valence-corrected chi connectivity index (χ3v) is 4.32. The average Bonchev–Trinajstić information content (AvgIpc) is 3.07. The van der Waals surface area contributed by atoms with E-state index in [1.54, 1.807) is 0 Å². The van der Waals surface area contributed by atoms with Crippen LogP contribution in [0.3, 0.4) is 0 Å². The molecule has 1 saturated heterocycles. The van der Waals surface area contributed by atoms with E-state index in [-0.39, 0.29) is 0 Å². The van der Waals surface area contributed by atoms with Crippen molar-refractivity contribution >= 4 is 11.2 Å². The van der Waals surface area contributed by atoms with Crippen LogP contribution in [-0.4, -0.2) is 27.6 Å². The third-order valence-electron chi connectivity index (χ3n) is 4.32. The van der Waals surface area contributed by atoms with Gasteiger partial charge in [-0.3, -0.25) is 0 Å². The Morgan fingerprint density at radius 1 is 1.39 bits per heavy atom. The number of hydrogen-bond donors (Lipinski definition) is 1. The molecule has 1 aliphatic heterocycles. The van der Waals surface area contributed by atoms with E-state index < -0.39 is 0 Å². The summed E-state index contributed by atoms with van der Waals surface area (Å²) in [7, 11) is 0. The van der Waals surface area contributed by atoms with Crippen molar-refractivity contribution < 1.29 is 0 Å². The summed E-state index contributed by atoms with van der Waals surface area (Å²) < 4.78 is 2.40. The van der Waals surface area contributed by atoms with E-state index in [0.29, 0.717) is 12.0 Å². The quantitative estimate of drug-likeness (QED) is 0.896. The van der Waals surface area contributed by atoms with Crippen LogP contribution in [0.1, 0.15) is 37.5 Å². The van der Waals surface area contributed by atoms with Gasteiger partial charge in [0.05, 0.1) is 0 Å². The molecule has 1 saturated carbocycles. The average molecular weight is 242 g/mol. The number of imidazole rings is 1. The molecule has 1 aliphatic carbocycles. The number of aromatic nitrogens is 3. The Morgan fingerprint density at radius 3 is 2.89 bits per heavy atom. The highest BCUT2D eigenvalue weighted by molar-refractivity contribution is 5.71. The van der Waals surface area contributed by atoms with Crippen molar-refractivity contribution in [1.29, 1.82) is 0 Å². The molecule has 2 fully saturated rings. The highest BCUT2D eigenvalue weighted by Gasteiger charge is 2.34. The molecule has 1 unspecified atom stereocenters. The first kappa shape index (κ1) is 10.5. The van der Waals surface area contributed by atoms with Gasteiger partial charge in [-0.15, -0.1) is 0 Å². The molecule has 3 heterocycles. The second-order valence-electron chi connectivity index (χ2n) is 5.62. The smallest absolute Gasteiger partial charge is 0.160 e. The molecule has 94 valence electrons. The Hall–Kier alpha value is -1.42. The number of nitrogens with zero attached hydrogens (tertiary/aromatic N) is 3. The molecule has 1 atom stereocenters. The molecule has 0 bridgehead atoms. The number of hydrogen-bond acceptors (Lipinski definition) is 3. The molecule has 2 aromatic heterocycles. The number of fused-ring (bicyclic) bond motifs is 1. The Morgan fingerprint density at radius 2 is 2.22 bits per heavy atom. The fraction of sp³-hybridized carbons (Fsp3) is 0.571. The summed E-state index contributed by atoms with van der Waals surface area (Å²) in [5.74, 6) is 2.51. The van der Waals surface area contributed by atoms with Crippen molar-refractivity contribution in [2.45, 2.75) is 31.7 Å². The summed E-state index contributed by atoms with van der Waals surface area (Å²) >= 11 is 0. The molecule has 4 heteroatoms. The van der Waals surface area contributed by atoms with Crippen LogP contribution in [0.15, 0.2) is 18.3 Å². The summed E-state index contributed by atoms with van der Waals surface area (Å²) in [4.78, 5) is 9.38. The Bertz CT molecular complexity index is 580. The molecule has 2 aromatic rings. The second kappa shape index (κ2) is 3.79. The molecule has 0 amide bonds. The van der Waals surface area contributed by atoms with Crippen LogP contribution in [-0.2, 0) is 0 Å². The lowest BCUT2D eigenvalue weighted by atomic mass is 9.88. The Kier molecular flexibility index (Phi) is 2.21. The molecule has 4 rings (SSSR count). The lowest BCUT2D eigenvalue weighted by Crippen LogP contribution is -2.45. The SMILES string of the molecule is CC(c1nc2cccnc2n1C1CC1)C1CNC1. The maximum absolute atomic E-state index is 4.85. The lowest BCUT2D eigenvalue weighted by molar-refractivity contribution is 0.291. The molecule has 0 radical (unpaired) electrons. The predicted octanol–water partition coefficient (Wildman–Crippen LogP) is 2.09. The van der Waals surface area contributed by atoms with Gasteiger partial charge in [-0.2, -0.15) is 0 Å². The number of pyridine rings is 1. The molecule has 4 nitrogen and oxygen atoms in total. The number of nitrogens with one attached hydrogen (secondary N) is 1. The Balaban J connectivity index is 1.84. The van der Waals surface area contributed by atoms with Crippen molar-refractivity contribution in [3.05, 3.63) is 24.2 Å². The van der Waals surface area contributed by atoms with Gasteiger partial charge < -0.3 is 9.88 Å². The van der Waals surface area contributed by atoms with Gasteiger partial charge in [0.2, 0.25) is 0 Å². The van der Waals surface area contributed by atoms with Gasteiger partial charge in [-0.05, 0) is 44.0 Å². The maximum Gasteiger partial charge on any atom is 0.160 e. The highest BCUT2D eigenvalue weighted by atomic mass is 15.2. The lowest BCUT2D eigenvalue weighted by Gasteiger charge is -2.32. The van der Waals surface area contributed by atoms with Gasteiger partial charge in [0.15, 0.2) is 5.65 Å². The van der Waals surface area contributed by atoms with Crippen LogP contribution in [0.4, 0.5) is 0 Å². The van der Waals surface area contributed by atoms with Crippen molar-refractivity contribution in [3.63, 3.8) is 0 Å². The summed E-state index contributed by atoms with van der Waals surface area (Å²) in [5.41, 5.74) is 2.13. The zero-order valence-electron chi connectivity index (χ0n) is 10.6. The van der Waals surface area contributed by atoms with Crippen LogP contribution >= 0.6 is 0 Å². The van der Waals surface area contributed by atoms with Crippen LogP contribution in [0.5, 0.6) is 0 Å². The largest absolute Gasteiger partial charge is 0.316 e. The highest BCUT2D eigenvalue weighted by Crippen LogP contribution is 2.41. The molecular weight excluding hydrogens is 224 g/mol. The van der Waals surface area contributed by atoms with Crippen LogP contribution in [0.25, 0.3) is 11.2 Å². The zero-order valence-corrected chi connectivity index (χ0v) is 10.6. The van der Waals surface area contributed by atoms with E-state index in [4.69, 9.17) is 4.98 Å². The molecule has 0 spiro atoms. The van der Waals surface area contributed by atoms with Gasteiger partial charge in [-0.1, -0.05) is 6.92 Å². The van der Waals surface area contributed by atoms with E-state index >= 15 is 0 Å². The van der Waals surface area contributed by atoms with E-state index in [2.05, 4.69) is 27.9 Å². The maximum atomic E-state index is 4.85. The van der Waals surface area contributed by atoms with Crippen LogP contribution < -0.4 is 5.32 Å². The molecule has 0 aromatic carbocycles. The van der Waals surface area contributed by atoms with Crippen LogP contribution in [0.2, 0.25) is 0 Å². The second-order valence-corrected chi connectivity index (χ2v) is 5.62. The van der Waals surface area contributed by atoms with E-state index in [0.717, 1.165) is 30.2 Å². The Labute approximate surface area is 106 Å². The molecule has 18 heavy (non-hydrogen) atoms. The summed E-state index contributed by atoms with van der Waals surface area (Å²) in [6, 6.07) is 4.71. The van der Waals surface area contributed by atoms with Gasteiger partial charge in [0.1, 0.15) is 11.3 Å². The predicted molar refractivity (Wildman–Crippen MR) is 70.6 cm³/mol. The summed E-state index contributed by atoms with van der Waals surface area (Å²) in [6.07, 6.45) is 4.44. The first-order valence-corrected chi connectivity index (χ1v) is 6.88. The molecular formula is C14H18N4. The van der Waals surface area contributed by atoms with Crippen molar-refractivity contribution in [1.82, 2.24) is 19.9 Å².